The third kappa shape index (κ3) is 14.8. The fourth-order valence-corrected chi connectivity index (χ4v) is 9.60. The standard InChI is InChI=1S/C53H69FN10O6S/c1-32-39(27-57-29-41(32)55)38-23-36-24-43(59-28-40(36)48(56)47(38)54)62-45(67)17-14-16-44(66)58-22-13-11-9-7-6-8-10-12-15-46(68)63-50(53(3,4)5)52(70)64-30-37(65)25-42(64)51(69)60-26-34-18-20-35(21-19-34)49-33(2)61-31-71-49/h18-21,23-24,27-29,31,37,42,50,65H,6-17,22,25-26,30,55-56H2,1-5H3,(H,58,66)(H,60,69)(H,63,68)(H,59,62,67)/t37-,42+,50-/m1/s1. The zero-order chi connectivity index (χ0) is 51.2. The quantitative estimate of drug-likeness (QED) is 0.0245. The number of nitrogens with zero attached hydrogens (tertiary/aromatic N) is 4. The Labute approximate surface area is 419 Å². The summed E-state index contributed by atoms with van der Waals surface area (Å²) in [6, 6.07) is 9.44. The first-order valence-electron chi connectivity index (χ1n) is 24.6. The average molecular weight is 993 g/mol. The Kier molecular flexibility index (Phi) is 19.0. The Bertz CT molecular complexity index is 2670. The van der Waals surface area contributed by atoms with Crippen molar-refractivity contribution in [3.05, 3.63) is 83.1 Å². The number of thiazole rings is 1. The van der Waals surface area contributed by atoms with E-state index in [9.17, 15) is 29.1 Å². The zero-order valence-electron chi connectivity index (χ0n) is 41.5. The number of rotatable bonds is 23. The van der Waals surface area contributed by atoms with Gasteiger partial charge in [0.15, 0.2) is 5.82 Å². The molecule has 6 rings (SSSR count). The van der Waals surface area contributed by atoms with Crippen molar-refractivity contribution in [2.75, 3.05) is 29.9 Å². The Morgan fingerprint density at radius 3 is 2.20 bits per heavy atom. The Hall–Kier alpha value is -6.53. The number of hydrogen-bond donors (Lipinski definition) is 7. The van der Waals surface area contributed by atoms with Crippen molar-refractivity contribution in [1.82, 2.24) is 35.8 Å². The lowest BCUT2D eigenvalue weighted by molar-refractivity contribution is -0.144. The number of pyridine rings is 2. The summed E-state index contributed by atoms with van der Waals surface area (Å²) in [5.41, 5.74) is 18.0. The summed E-state index contributed by atoms with van der Waals surface area (Å²) in [5.74, 6) is -1.67. The molecular formula is C53H69FN10O6S. The van der Waals surface area contributed by atoms with E-state index in [1.165, 1.54) is 23.5 Å². The van der Waals surface area contributed by atoms with E-state index in [-0.39, 0.29) is 85.4 Å². The summed E-state index contributed by atoms with van der Waals surface area (Å²) in [5, 5.41) is 23.1. The molecule has 16 nitrogen and oxygen atoms in total. The number of carbonyl (C=O) groups excluding carboxylic acids is 5. The van der Waals surface area contributed by atoms with E-state index in [4.69, 9.17) is 11.5 Å². The van der Waals surface area contributed by atoms with E-state index in [0.717, 1.165) is 66.6 Å². The summed E-state index contributed by atoms with van der Waals surface area (Å²) < 4.78 is 15.3. The second-order valence-corrected chi connectivity index (χ2v) is 20.5. The number of aromatic nitrogens is 3. The highest BCUT2D eigenvalue weighted by Gasteiger charge is 2.44. The third-order valence-electron chi connectivity index (χ3n) is 13.0. The van der Waals surface area contributed by atoms with Gasteiger partial charge in [0.05, 0.1) is 39.8 Å². The van der Waals surface area contributed by atoms with Gasteiger partial charge in [0.1, 0.15) is 17.9 Å². The number of carbonyl (C=O) groups is 5. The van der Waals surface area contributed by atoms with Crippen molar-refractivity contribution in [3.63, 3.8) is 0 Å². The number of nitrogen functional groups attached to an aromatic ring is 2. The number of aliphatic hydroxyl groups excluding tert-OH is 1. The highest BCUT2D eigenvalue weighted by Crippen LogP contribution is 2.36. The topological polar surface area (TPSA) is 248 Å². The maximum atomic E-state index is 15.3. The third-order valence-corrected chi connectivity index (χ3v) is 14.0. The van der Waals surface area contributed by atoms with Crippen molar-refractivity contribution in [2.45, 2.75) is 143 Å². The summed E-state index contributed by atoms with van der Waals surface area (Å²) in [6.45, 7) is 10.2. The number of halogens is 1. The van der Waals surface area contributed by atoms with Gasteiger partial charge in [-0.2, -0.15) is 0 Å². The van der Waals surface area contributed by atoms with Crippen LogP contribution >= 0.6 is 11.3 Å². The van der Waals surface area contributed by atoms with E-state index in [1.807, 2.05) is 57.5 Å². The van der Waals surface area contributed by atoms with E-state index >= 15 is 4.39 Å². The molecule has 0 unspecified atom stereocenters. The smallest absolute Gasteiger partial charge is 0.246 e. The van der Waals surface area contributed by atoms with Crippen molar-refractivity contribution < 1.29 is 33.5 Å². The number of β-amino-alcohol motifs (C(OH)–C–C–N with tert-alkyl or cyclic N) is 1. The minimum absolute atomic E-state index is 0.0175. The van der Waals surface area contributed by atoms with Crippen LogP contribution in [-0.2, 0) is 30.5 Å². The highest BCUT2D eigenvalue weighted by atomic mass is 32.1. The van der Waals surface area contributed by atoms with Crippen LogP contribution < -0.4 is 32.7 Å². The van der Waals surface area contributed by atoms with E-state index < -0.39 is 29.4 Å². The number of benzene rings is 2. The van der Waals surface area contributed by atoms with Crippen molar-refractivity contribution in [2.24, 2.45) is 5.41 Å². The van der Waals surface area contributed by atoms with Gasteiger partial charge in [-0.25, -0.2) is 14.4 Å². The molecule has 71 heavy (non-hydrogen) atoms. The number of amides is 5. The number of nitrogens with one attached hydrogen (secondary N) is 4. The second kappa shape index (κ2) is 25.0. The van der Waals surface area contributed by atoms with Crippen molar-refractivity contribution in [3.8, 4) is 21.6 Å². The van der Waals surface area contributed by atoms with E-state index in [0.29, 0.717) is 47.0 Å². The molecule has 380 valence electrons. The summed E-state index contributed by atoms with van der Waals surface area (Å²) in [4.78, 5) is 80.9. The Morgan fingerprint density at radius 1 is 0.831 bits per heavy atom. The largest absolute Gasteiger partial charge is 0.397 e. The van der Waals surface area contributed by atoms with Crippen molar-refractivity contribution >= 4 is 68.8 Å². The molecule has 2 aromatic carbocycles. The van der Waals surface area contributed by atoms with Crippen LogP contribution in [0.4, 0.5) is 21.6 Å². The monoisotopic (exact) mass is 993 g/mol. The van der Waals surface area contributed by atoms with Gasteiger partial charge in [-0.05, 0) is 72.7 Å². The number of anilines is 3. The number of aliphatic hydroxyl groups is 1. The number of fused-ring (bicyclic) bond motifs is 1. The molecule has 3 atom stereocenters. The highest BCUT2D eigenvalue weighted by molar-refractivity contribution is 7.13. The number of likely N-dealkylation sites (tertiary alicyclic amines) is 1. The fraction of sp³-hybridized carbons (Fsp3) is 0.472. The molecule has 1 aliphatic heterocycles. The molecule has 0 aliphatic carbocycles. The van der Waals surface area contributed by atoms with Crippen molar-refractivity contribution in [1.29, 1.82) is 0 Å². The van der Waals surface area contributed by atoms with Gasteiger partial charge in [0.2, 0.25) is 29.5 Å². The molecule has 0 bridgehead atoms. The molecule has 1 fully saturated rings. The van der Waals surface area contributed by atoms with Gasteiger partial charge in [0, 0.05) is 74.2 Å². The normalized spacial score (nSPS) is 15.1. The molecule has 4 heterocycles. The molecule has 3 aromatic heterocycles. The first-order valence-corrected chi connectivity index (χ1v) is 25.5. The minimum atomic E-state index is -0.869. The van der Waals surface area contributed by atoms with Crippen LogP contribution in [-0.4, -0.2) is 85.8 Å². The molecule has 5 amide bonds. The molecule has 0 radical (unpaired) electrons. The lowest BCUT2D eigenvalue weighted by Gasteiger charge is -2.35. The molecule has 9 N–H and O–H groups in total. The predicted octanol–water partition coefficient (Wildman–Crippen LogP) is 7.89. The lowest BCUT2D eigenvalue weighted by atomic mass is 9.85. The van der Waals surface area contributed by atoms with E-state index in [1.54, 1.807) is 30.4 Å². The van der Waals surface area contributed by atoms with Crippen LogP contribution in [0.25, 0.3) is 32.3 Å². The first-order chi connectivity index (χ1) is 33.9. The predicted molar refractivity (Wildman–Crippen MR) is 277 cm³/mol. The van der Waals surface area contributed by atoms with E-state index in [2.05, 4.69) is 36.2 Å². The van der Waals surface area contributed by atoms with Gasteiger partial charge in [-0.3, -0.25) is 29.0 Å². The number of unbranched alkanes of at least 4 members (excludes halogenated alkanes) is 7. The van der Waals surface area contributed by atoms with Crippen LogP contribution in [0, 0.1) is 25.1 Å². The van der Waals surface area contributed by atoms with Gasteiger partial charge < -0.3 is 42.7 Å². The molecule has 0 saturated carbocycles. The van der Waals surface area contributed by atoms with Gasteiger partial charge in [0.25, 0.3) is 0 Å². The van der Waals surface area contributed by atoms with Crippen LogP contribution in [0.2, 0.25) is 0 Å². The van der Waals surface area contributed by atoms with Crippen LogP contribution in [0.5, 0.6) is 0 Å². The SMILES string of the molecule is Cc1ncsc1-c1ccc(CNC(=O)[C@@H]2C[C@@H](O)CN2C(=O)[C@@H](NC(=O)CCCCCCCCCCNC(=O)CCCC(=O)Nc2cc3cc(-c4cncc(N)c4C)c(F)c(N)c3cn2)C(C)(C)C)cc1. The van der Waals surface area contributed by atoms with Crippen LogP contribution in [0.3, 0.4) is 0 Å². The summed E-state index contributed by atoms with van der Waals surface area (Å²) in [7, 11) is 0. The number of hydrogen-bond acceptors (Lipinski definition) is 12. The van der Waals surface area contributed by atoms with Gasteiger partial charge in [-0.1, -0.05) is 83.6 Å². The molecular weight excluding hydrogens is 924 g/mol. The number of aryl methyl sites for hydroxylation is 1. The van der Waals surface area contributed by atoms with Gasteiger partial charge in [-0.15, -0.1) is 11.3 Å². The molecule has 0 spiro atoms. The van der Waals surface area contributed by atoms with Gasteiger partial charge >= 0.3 is 0 Å². The van der Waals surface area contributed by atoms with Crippen LogP contribution in [0.1, 0.15) is 121 Å². The maximum Gasteiger partial charge on any atom is 0.246 e. The van der Waals surface area contributed by atoms with Crippen LogP contribution in [0.15, 0.2) is 60.5 Å². The second-order valence-electron chi connectivity index (χ2n) is 19.6. The molecule has 1 aliphatic rings. The maximum absolute atomic E-state index is 15.3. The average Bonchev–Trinajstić information content (AvgIpc) is 3.95. The Morgan fingerprint density at radius 2 is 1.51 bits per heavy atom. The molecule has 18 heteroatoms. The zero-order valence-corrected chi connectivity index (χ0v) is 42.4. The minimum Gasteiger partial charge on any atom is -0.397 e. The Balaban J connectivity index is 0.811. The molecule has 5 aromatic rings. The summed E-state index contributed by atoms with van der Waals surface area (Å²) >= 11 is 1.58. The summed E-state index contributed by atoms with van der Waals surface area (Å²) in [6.07, 6.45) is 12.2. The lowest BCUT2D eigenvalue weighted by Crippen LogP contribution is -2.57. The number of nitrogens with two attached hydrogens (primary N) is 2. The fourth-order valence-electron chi connectivity index (χ4n) is 8.79. The first kappa shape index (κ1) is 53.8. The molecule has 1 saturated heterocycles.